The van der Waals surface area contributed by atoms with Gasteiger partial charge >= 0.3 is 0 Å². The third kappa shape index (κ3) is 2.47. The molecule has 3 N–H and O–H groups in total. The lowest BCUT2D eigenvalue weighted by molar-refractivity contribution is 0.738. The fourth-order valence-electron chi connectivity index (χ4n) is 1.40. The van der Waals surface area contributed by atoms with Gasteiger partial charge in [-0.15, -0.1) is 0 Å². The van der Waals surface area contributed by atoms with Crippen LogP contribution in [0.1, 0.15) is 11.3 Å². The highest BCUT2D eigenvalue weighted by Crippen LogP contribution is 2.19. The van der Waals surface area contributed by atoms with Crippen LogP contribution >= 0.6 is 11.6 Å². The molecular formula is C10H13ClN6. The van der Waals surface area contributed by atoms with Crippen molar-refractivity contribution in [2.45, 2.75) is 13.5 Å². The van der Waals surface area contributed by atoms with Gasteiger partial charge in [-0.05, 0) is 6.92 Å². The molecule has 7 heteroatoms. The average Bonchev–Trinajstić information content (AvgIpc) is 2.62. The summed E-state index contributed by atoms with van der Waals surface area (Å²) < 4.78 is 1.81. The van der Waals surface area contributed by atoms with Crippen LogP contribution in [-0.4, -0.2) is 19.7 Å². The molecule has 0 fully saturated rings. The van der Waals surface area contributed by atoms with E-state index in [2.05, 4.69) is 20.4 Å². The summed E-state index contributed by atoms with van der Waals surface area (Å²) >= 11 is 5.94. The van der Waals surface area contributed by atoms with Crippen LogP contribution in [0.4, 0.5) is 11.8 Å². The number of rotatable bonds is 3. The lowest BCUT2D eigenvalue weighted by atomic mass is 10.2. The van der Waals surface area contributed by atoms with Crippen LogP contribution in [0.25, 0.3) is 0 Å². The minimum absolute atomic E-state index is 0.194. The van der Waals surface area contributed by atoms with Gasteiger partial charge in [-0.25, -0.2) is 4.98 Å². The Morgan fingerprint density at radius 1 is 1.47 bits per heavy atom. The molecule has 0 atom stereocenters. The van der Waals surface area contributed by atoms with Gasteiger partial charge in [0.2, 0.25) is 5.95 Å². The molecule has 0 radical (unpaired) electrons. The number of halogens is 1. The second kappa shape index (κ2) is 4.58. The fourth-order valence-corrected chi connectivity index (χ4v) is 1.56. The summed E-state index contributed by atoms with van der Waals surface area (Å²) in [4.78, 5) is 7.81. The van der Waals surface area contributed by atoms with Crippen LogP contribution in [0.5, 0.6) is 0 Å². The van der Waals surface area contributed by atoms with E-state index in [1.807, 2.05) is 18.7 Å². The number of hydrogen-bond donors (Lipinski definition) is 2. The van der Waals surface area contributed by atoms with E-state index in [0.29, 0.717) is 17.4 Å². The minimum atomic E-state index is 0.194. The molecule has 0 bridgehead atoms. The van der Waals surface area contributed by atoms with Crippen LogP contribution < -0.4 is 11.1 Å². The summed E-state index contributed by atoms with van der Waals surface area (Å²) in [7, 11) is 1.90. The summed E-state index contributed by atoms with van der Waals surface area (Å²) in [5.41, 5.74) is 7.67. The molecule has 17 heavy (non-hydrogen) atoms. The summed E-state index contributed by atoms with van der Waals surface area (Å²) in [5, 5.41) is 7.71. The maximum Gasteiger partial charge on any atom is 0.222 e. The molecule has 0 amide bonds. The van der Waals surface area contributed by atoms with Crippen molar-refractivity contribution in [1.29, 1.82) is 0 Å². The highest BCUT2D eigenvalue weighted by atomic mass is 35.5. The van der Waals surface area contributed by atoms with Gasteiger partial charge in [0, 0.05) is 24.8 Å². The van der Waals surface area contributed by atoms with Gasteiger partial charge in [0.25, 0.3) is 0 Å². The Balaban J connectivity index is 2.12. The van der Waals surface area contributed by atoms with Crippen molar-refractivity contribution in [3.05, 3.63) is 28.7 Å². The molecule has 0 spiro atoms. The van der Waals surface area contributed by atoms with Crippen LogP contribution in [0.15, 0.2) is 12.4 Å². The third-order valence-electron chi connectivity index (χ3n) is 2.55. The molecular weight excluding hydrogens is 240 g/mol. The van der Waals surface area contributed by atoms with Crippen molar-refractivity contribution in [3.63, 3.8) is 0 Å². The molecule has 0 aliphatic rings. The fraction of sp³-hybridized carbons (Fsp3) is 0.300. The molecule has 90 valence electrons. The second-order valence-corrected chi connectivity index (χ2v) is 4.06. The highest BCUT2D eigenvalue weighted by molar-refractivity contribution is 6.32. The van der Waals surface area contributed by atoms with E-state index >= 15 is 0 Å². The van der Waals surface area contributed by atoms with Crippen molar-refractivity contribution >= 4 is 23.4 Å². The van der Waals surface area contributed by atoms with Crippen molar-refractivity contribution in [2.75, 3.05) is 11.1 Å². The smallest absolute Gasteiger partial charge is 0.222 e. The largest absolute Gasteiger partial charge is 0.368 e. The van der Waals surface area contributed by atoms with Crippen LogP contribution in [0.2, 0.25) is 5.02 Å². The van der Waals surface area contributed by atoms with Gasteiger partial charge in [0.1, 0.15) is 5.02 Å². The second-order valence-electron chi connectivity index (χ2n) is 3.66. The van der Waals surface area contributed by atoms with Gasteiger partial charge in [-0.3, -0.25) is 4.68 Å². The zero-order valence-corrected chi connectivity index (χ0v) is 10.4. The number of aryl methyl sites for hydroxylation is 1. The lowest BCUT2D eigenvalue weighted by Gasteiger charge is -2.07. The first-order chi connectivity index (χ1) is 8.08. The molecule has 2 heterocycles. The molecule has 6 nitrogen and oxygen atoms in total. The lowest BCUT2D eigenvalue weighted by Crippen LogP contribution is -2.05. The van der Waals surface area contributed by atoms with E-state index < -0.39 is 0 Å². The number of anilines is 2. The predicted molar refractivity (Wildman–Crippen MR) is 66.7 cm³/mol. The van der Waals surface area contributed by atoms with E-state index in [0.717, 1.165) is 11.3 Å². The maximum absolute atomic E-state index is 5.94. The van der Waals surface area contributed by atoms with E-state index in [-0.39, 0.29) is 5.95 Å². The predicted octanol–water partition coefficient (Wildman–Crippen LogP) is 1.37. The Morgan fingerprint density at radius 3 is 2.88 bits per heavy atom. The average molecular weight is 253 g/mol. The molecule has 0 unspecified atom stereocenters. The quantitative estimate of drug-likeness (QED) is 0.862. The monoisotopic (exact) mass is 252 g/mol. The van der Waals surface area contributed by atoms with E-state index in [1.165, 1.54) is 6.20 Å². The van der Waals surface area contributed by atoms with Crippen molar-refractivity contribution in [3.8, 4) is 0 Å². The molecule has 0 saturated heterocycles. The van der Waals surface area contributed by atoms with Gasteiger partial charge < -0.3 is 11.1 Å². The molecule has 0 aromatic carbocycles. The summed E-state index contributed by atoms with van der Waals surface area (Å²) in [6.07, 6.45) is 3.28. The molecule has 0 aliphatic heterocycles. The summed E-state index contributed by atoms with van der Waals surface area (Å²) in [6.45, 7) is 2.59. The Labute approximate surface area is 104 Å². The third-order valence-corrected chi connectivity index (χ3v) is 2.82. The topological polar surface area (TPSA) is 81.7 Å². The Hall–Kier alpha value is -1.82. The zero-order valence-electron chi connectivity index (χ0n) is 9.61. The molecule has 2 aromatic rings. The van der Waals surface area contributed by atoms with Crippen LogP contribution in [0, 0.1) is 6.92 Å². The first-order valence-electron chi connectivity index (χ1n) is 5.07. The number of nitrogens with two attached hydrogens (primary N) is 1. The van der Waals surface area contributed by atoms with E-state index in [4.69, 9.17) is 17.3 Å². The van der Waals surface area contributed by atoms with Crippen LogP contribution in [-0.2, 0) is 13.6 Å². The van der Waals surface area contributed by atoms with Crippen molar-refractivity contribution < 1.29 is 0 Å². The normalized spacial score (nSPS) is 10.5. The van der Waals surface area contributed by atoms with Gasteiger partial charge in [0.15, 0.2) is 5.82 Å². The molecule has 0 saturated carbocycles. The van der Waals surface area contributed by atoms with Gasteiger partial charge in [-0.1, -0.05) is 11.6 Å². The maximum atomic E-state index is 5.94. The molecule has 2 rings (SSSR count). The molecule has 0 aliphatic carbocycles. The molecule has 2 aromatic heterocycles. The number of aromatic nitrogens is 4. The summed E-state index contributed by atoms with van der Waals surface area (Å²) in [5.74, 6) is 0.724. The Kier molecular flexibility index (Phi) is 3.14. The minimum Gasteiger partial charge on any atom is -0.368 e. The van der Waals surface area contributed by atoms with Crippen molar-refractivity contribution in [2.24, 2.45) is 7.05 Å². The van der Waals surface area contributed by atoms with Crippen LogP contribution in [0.3, 0.4) is 0 Å². The SMILES string of the molecule is Cc1c(CNc2nc(N)ncc2Cl)cnn1C. The van der Waals surface area contributed by atoms with Crippen molar-refractivity contribution in [1.82, 2.24) is 19.7 Å². The first-order valence-corrected chi connectivity index (χ1v) is 5.45. The van der Waals surface area contributed by atoms with Gasteiger partial charge in [0.05, 0.1) is 12.4 Å². The number of nitrogens with one attached hydrogen (secondary N) is 1. The van der Waals surface area contributed by atoms with E-state index in [1.54, 1.807) is 6.20 Å². The Bertz CT molecular complexity index is 536. The summed E-state index contributed by atoms with van der Waals surface area (Å²) in [6, 6.07) is 0. The zero-order chi connectivity index (χ0) is 12.4. The van der Waals surface area contributed by atoms with E-state index in [9.17, 15) is 0 Å². The first kappa shape index (κ1) is 11.7. The number of nitrogens with zero attached hydrogens (tertiary/aromatic N) is 4. The highest BCUT2D eigenvalue weighted by Gasteiger charge is 2.06. The number of nitrogen functional groups attached to an aromatic ring is 1. The number of hydrogen-bond acceptors (Lipinski definition) is 5. The Morgan fingerprint density at radius 2 is 2.24 bits per heavy atom. The standard InChI is InChI=1S/C10H13ClN6/c1-6-7(4-15-17(6)2)3-13-9-8(11)5-14-10(12)16-9/h4-5H,3H2,1-2H3,(H3,12,13,14,16). The van der Waals surface area contributed by atoms with Gasteiger partial charge in [-0.2, -0.15) is 10.1 Å².